The highest BCUT2D eigenvalue weighted by Gasteiger charge is 2.48. The molecule has 4 rings (SSSR count). The van der Waals surface area contributed by atoms with Gasteiger partial charge < -0.3 is 20.3 Å². The van der Waals surface area contributed by atoms with Gasteiger partial charge in [-0.2, -0.15) is 5.10 Å². The second-order valence-electron chi connectivity index (χ2n) is 9.47. The van der Waals surface area contributed by atoms with Crippen molar-refractivity contribution in [3.8, 4) is 0 Å². The molecule has 3 aliphatic rings. The van der Waals surface area contributed by atoms with Gasteiger partial charge in [-0.05, 0) is 26.2 Å². The summed E-state index contributed by atoms with van der Waals surface area (Å²) in [6.45, 7) is 8.88. The van der Waals surface area contributed by atoms with E-state index in [9.17, 15) is 14.4 Å². The lowest BCUT2D eigenvalue weighted by Gasteiger charge is -2.43. The molecule has 3 amide bonds. The summed E-state index contributed by atoms with van der Waals surface area (Å²) in [6, 6.07) is 1.71. The third kappa shape index (κ3) is 5.06. The Labute approximate surface area is 195 Å². The molecule has 1 aromatic rings. The van der Waals surface area contributed by atoms with Crippen molar-refractivity contribution >= 4 is 17.7 Å². The smallest absolute Gasteiger partial charge is 0.273 e. The Morgan fingerprint density at radius 1 is 1.21 bits per heavy atom. The van der Waals surface area contributed by atoms with Crippen LogP contribution in [0.3, 0.4) is 0 Å². The summed E-state index contributed by atoms with van der Waals surface area (Å²) in [5, 5.41) is 10.5. The molecular weight excluding hydrogens is 424 g/mol. The van der Waals surface area contributed by atoms with Gasteiger partial charge >= 0.3 is 0 Å². The highest BCUT2D eigenvalue weighted by molar-refractivity contribution is 6.01. The van der Waals surface area contributed by atoms with Gasteiger partial charge in [0.15, 0.2) is 5.69 Å². The summed E-state index contributed by atoms with van der Waals surface area (Å²) in [5.74, 6) is -0.710. The molecule has 10 heteroatoms. The maximum absolute atomic E-state index is 13.4. The molecule has 1 aliphatic carbocycles. The fourth-order valence-corrected chi connectivity index (χ4v) is 4.98. The van der Waals surface area contributed by atoms with E-state index in [-0.39, 0.29) is 36.0 Å². The van der Waals surface area contributed by atoms with Gasteiger partial charge in [0.2, 0.25) is 5.91 Å². The van der Waals surface area contributed by atoms with Crippen LogP contribution in [0.2, 0.25) is 0 Å². The van der Waals surface area contributed by atoms with E-state index in [0.29, 0.717) is 32.0 Å². The average Bonchev–Trinajstić information content (AvgIpc) is 3.47. The first-order valence-corrected chi connectivity index (χ1v) is 12.2. The van der Waals surface area contributed by atoms with Gasteiger partial charge in [0.25, 0.3) is 11.8 Å². The van der Waals surface area contributed by atoms with E-state index in [4.69, 9.17) is 4.74 Å². The molecule has 1 aromatic heterocycles. The minimum atomic E-state index is -1.04. The van der Waals surface area contributed by atoms with Crippen LogP contribution in [0.5, 0.6) is 0 Å². The second kappa shape index (κ2) is 10.2. The highest BCUT2D eigenvalue weighted by atomic mass is 16.5. The normalized spacial score (nSPS) is 24.1. The Bertz CT molecular complexity index is 874. The zero-order chi connectivity index (χ0) is 23.4. The van der Waals surface area contributed by atoms with Crippen LogP contribution in [-0.4, -0.2) is 94.8 Å². The van der Waals surface area contributed by atoms with Crippen LogP contribution < -0.4 is 10.6 Å². The maximum Gasteiger partial charge on any atom is 0.273 e. The average molecular weight is 461 g/mol. The Morgan fingerprint density at radius 3 is 2.64 bits per heavy atom. The van der Waals surface area contributed by atoms with Crippen molar-refractivity contribution < 1.29 is 19.1 Å². The van der Waals surface area contributed by atoms with E-state index >= 15 is 0 Å². The number of rotatable bonds is 8. The van der Waals surface area contributed by atoms with Gasteiger partial charge in [-0.15, -0.1) is 0 Å². The number of aromatic nitrogens is 2. The molecule has 0 aromatic carbocycles. The van der Waals surface area contributed by atoms with Crippen molar-refractivity contribution in [3.63, 3.8) is 0 Å². The Hall–Kier alpha value is -2.46. The van der Waals surface area contributed by atoms with Gasteiger partial charge in [-0.1, -0.05) is 19.8 Å². The SMILES string of the molecule is CCCN1C(=O)c2cc(C(=O)NCCN3CCOCC3)nn2C[C@@]1(C)C(=O)NC1CCCC1. The van der Waals surface area contributed by atoms with Crippen molar-refractivity contribution in [1.29, 1.82) is 0 Å². The molecule has 0 unspecified atom stereocenters. The molecule has 1 saturated heterocycles. The van der Waals surface area contributed by atoms with Gasteiger partial charge in [0, 0.05) is 44.8 Å². The summed E-state index contributed by atoms with van der Waals surface area (Å²) in [4.78, 5) is 43.3. The molecular formula is C23H36N6O4. The zero-order valence-electron chi connectivity index (χ0n) is 19.8. The maximum atomic E-state index is 13.4. The Balaban J connectivity index is 1.45. The predicted molar refractivity (Wildman–Crippen MR) is 122 cm³/mol. The van der Waals surface area contributed by atoms with E-state index in [2.05, 4.69) is 20.6 Å². The lowest BCUT2D eigenvalue weighted by atomic mass is 9.94. The van der Waals surface area contributed by atoms with Gasteiger partial charge in [0.05, 0.1) is 19.8 Å². The van der Waals surface area contributed by atoms with Crippen molar-refractivity contribution in [2.45, 2.75) is 64.1 Å². The monoisotopic (exact) mass is 460 g/mol. The van der Waals surface area contributed by atoms with Crippen LogP contribution in [-0.2, 0) is 16.1 Å². The van der Waals surface area contributed by atoms with Crippen molar-refractivity contribution in [2.24, 2.45) is 0 Å². The number of fused-ring (bicyclic) bond motifs is 1. The first kappa shape index (κ1) is 23.7. The number of morpholine rings is 1. The van der Waals surface area contributed by atoms with Crippen molar-refractivity contribution in [3.05, 3.63) is 17.5 Å². The quantitative estimate of drug-likeness (QED) is 0.589. The van der Waals surface area contributed by atoms with Crippen LogP contribution in [0.1, 0.15) is 66.9 Å². The van der Waals surface area contributed by atoms with E-state index in [1.165, 1.54) is 4.68 Å². The summed E-state index contributed by atoms with van der Waals surface area (Å²) in [7, 11) is 0. The van der Waals surface area contributed by atoms with E-state index in [1.54, 1.807) is 17.9 Å². The largest absolute Gasteiger partial charge is 0.379 e. The Kier molecular flexibility index (Phi) is 7.33. The van der Waals surface area contributed by atoms with E-state index < -0.39 is 5.54 Å². The summed E-state index contributed by atoms with van der Waals surface area (Å²) in [6.07, 6.45) is 4.93. The highest BCUT2D eigenvalue weighted by Crippen LogP contribution is 2.29. The number of hydrogen-bond donors (Lipinski definition) is 2. The van der Waals surface area contributed by atoms with Gasteiger partial charge in [0.1, 0.15) is 11.2 Å². The van der Waals surface area contributed by atoms with Crippen LogP contribution in [0.25, 0.3) is 0 Å². The van der Waals surface area contributed by atoms with E-state index in [1.807, 2.05) is 6.92 Å². The minimum absolute atomic E-state index is 0.145. The Morgan fingerprint density at radius 2 is 1.94 bits per heavy atom. The summed E-state index contributed by atoms with van der Waals surface area (Å²) in [5.41, 5.74) is -0.483. The molecule has 33 heavy (non-hydrogen) atoms. The lowest BCUT2D eigenvalue weighted by Crippen LogP contribution is -2.65. The van der Waals surface area contributed by atoms with Crippen LogP contribution in [0.15, 0.2) is 6.07 Å². The fourth-order valence-electron chi connectivity index (χ4n) is 4.98. The fraction of sp³-hybridized carbons (Fsp3) is 0.739. The molecule has 2 fully saturated rings. The molecule has 10 nitrogen and oxygen atoms in total. The minimum Gasteiger partial charge on any atom is -0.379 e. The lowest BCUT2D eigenvalue weighted by molar-refractivity contribution is -0.133. The number of nitrogens with zero attached hydrogens (tertiary/aromatic N) is 4. The molecule has 1 saturated carbocycles. The van der Waals surface area contributed by atoms with Crippen LogP contribution in [0, 0.1) is 0 Å². The van der Waals surface area contributed by atoms with Crippen molar-refractivity contribution in [2.75, 3.05) is 45.9 Å². The molecule has 0 spiro atoms. The summed E-state index contributed by atoms with van der Waals surface area (Å²) < 4.78 is 6.87. The topological polar surface area (TPSA) is 109 Å². The number of amides is 3. The van der Waals surface area contributed by atoms with Gasteiger partial charge in [-0.25, -0.2) is 0 Å². The molecule has 2 N–H and O–H groups in total. The summed E-state index contributed by atoms with van der Waals surface area (Å²) >= 11 is 0. The molecule has 3 heterocycles. The standard InChI is InChI=1S/C23H36N6O4/c1-3-9-28-21(31)19-15-18(20(30)24-8-10-27-11-13-33-14-12-27)26-29(19)16-23(28,2)22(32)25-17-6-4-5-7-17/h15,17H,3-14,16H2,1-2H3,(H,24,30)(H,25,32)/t23-/m0/s1. The second-order valence-corrected chi connectivity index (χ2v) is 9.47. The number of carbonyl (C=O) groups is 3. The first-order chi connectivity index (χ1) is 15.9. The third-order valence-electron chi connectivity index (χ3n) is 6.97. The van der Waals surface area contributed by atoms with E-state index in [0.717, 1.165) is 51.7 Å². The number of carbonyl (C=O) groups excluding carboxylic acids is 3. The third-order valence-corrected chi connectivity index (χ3v) is 6.97. The molecule has 182 valence electrons. The van der Waals surface area contributed by atoms with Crippen molar-refractivity contribution in [1.82, 2.24) is 30.2 Å². The zero-order valence-corrected chi connectivity index (χ0v) is 19.8. The molecule has 1 atom stereocenters. The molecule has 0 radical (unpaired) electrons. The van der Waals surface area contributed by atoms with Crippen LogP contribution >= 0.6 is 0 Å². The molecule has 2 aliphatic heterocycles. The number of nitrogens with one attached hydrogen (secondary N) is 2. The molecule has 0 bridgehead atoms. The number of ether oxygens (including phenoxy) is 1. The van der Waals surface area contributed by atoms with Gasteiger partial charge in [-0.3, -0.25) is 24.0 Å². The number of hydrogen-bond acceptors (Lipinski definition) is 6. The van der Waals surface area contributed by atoms with Crippen LogP contribution in [0.4, 0.5) is 0 Å². The predicted octanol–water partition coefficient (Wildman–Crippen LogP) is 0.628. The first-order valence-electron chi connectivity index (χ1n) is 12.2.